The lowest BCUT2D eigenvalue weighted by molar-refractivity contribution is -0.122. The summed E-state index contributed by atoms with van der Waals surface area (Å²) in [5.41, 5.74) is 0.0666. The van der Waals surface area contributed by atoms with Gasteiger partial charge in [-0.05, 0) is 24.1 Å². The number of nitrogens with zero attached hydrogens (tertiary/aromatic N) is 5. The van der Waals surface area contributed by atoms with Crippen LogP contribution in [0, 0.1) is 5.82 Å². The van der Waals surface area contributed by atoms with E-state index in [0.29, 0.717) is 12.8 Å². The van der Waals surface area contributed by atoms with Crippen molar-refractivity contribution >= 4 is 11.8 Å². The summed E-state index contributed by atoms with van der Waals surface area (Å²) in [7, 11) is 0. The molecule has 3 N–H and O–H groups in total. The second-order valence-electron chi connectivity index (χ2n) is 5.74. The molecule has 2 aromatic rings. The molecule has 1 aliphatic rings. The molecule has 0 spiro atoms. The number of tetrazole rings is 1. The number of carbonyl (C=O) groups excluding carboxylic acids is 2. The Morgan fingerprint density at radius 1 is 1.32 bits per heavy atom. The fourth-order valence-corrected chi connectivity index (χ4v) is 2.74. The van der Waals surface area contributed by atoms with Crippen molar-refractivity contribution < 1.29 is 19.1 Å². The quantitative estimate of drug-likeness (QED) is 0.607. The fourth-order valence-electron chi connectivity index (χ4n) is 2.74. The summed E-state index contributed by atoms with van der Waals surface area (Å²) in [5, 5.41) is 26.3. The number of aromatic nitrogens is 5. The number of rotatable bonds is 5. The largest absolute Gasteiger partial charge is 0.391 e. The summed E-state index contributed by atoms with van der Waals surface area (Å²) >= 11 is 0. The maximum absolute atomic E-state index is 13.1. The van der Waals surface area contributed by atoms with Crippen molar-refractivity contribution in [1.29, 1.82) is 0 Å². The number of halogens is 1. The third-order valence-electron chi connectivity index (χ3n) is 3.85. The van der Waals surface area contributed by atoms with Gasteiger partial charge in [0.05, 0.1) is 23.9 Å². The molecule has 2 amide bonds. The van der Waals surface area contributed by atoms with Crippen LogP contribution in [-0.2, 0) is 11.3 Å². The Kier molecular flexibility index (Phi) is 4.93. The Labute approximate surface area is 141 Å². The van der Waals surface area contributed by atoms with Crippen LogP contribution in [0.25, 0.3) is 0 Å². The second kappa shape index (κ2) is 7.30. The zero-order valence-corrected chi connectivity index (χ0v) is 13.0. The lowest BCUT2D eigenvalue weighted by Gasteiger charge is -2.16. The molecule has 0 unspecified atom stereocenters. The molecule has 132 valence electrons. The molecule has 25 heavy (non-hydrogen) atoms. The Bertz CT molecular complexity index is 755. The van der Waals surface area contributed by atoms with Crippen molar-refractivity contribution in [1.82, 2.24) is 35.8 Å². The number of hydrogen-bond acceptors (Lipinski definition) is 7. The summed E-state index contributed by atoms with van der Waals surface area (Å²) in [6.07, 6.45) is 3.29. The average molecular weight is 349 g/mol. The van der Waals surface area contributed by atoms with E-state index in [2.05, 4.69) is 31.0 Å². The van der Waals surface area contributed by atoms with Gasteiger partial charge in [-0.3, -0.25) is 14.6 Å². The van der Waals surface area contributed by atoms with Gasteiger partial charge in [0.1, 0.15) is 12.4 Å². The molecule has 11 heteroatoms. The van der Waals surface area contributed by atoms with Gasteiger partial charge in [-0.1, -0.05) is 0 Å². The summed E-state index contributed by atoms with van der Waals surface area (Å²) < 4.78 is 13.1. The van der Waals surface area contributed by atoms with Crippen LogP contribution >= 0.6 is 0 Å². The highest BCUT2D eigenvalue weighted by Crippen LogP contribution is 2.20. The van der Waals surface area contributed by atoms with Crippen molar-refractivity contribution in [2.24, 2.45) is 0 Å². The van der Waals surface area contributed by atoms with Gasteiger partial charge in [-0.25, -0.2) is 4.39 Å². The summed E-state index contributed by atoms with van der Waals surface area (Å²) in [5.74, 6) is -1.47. The van der Waals surface area contributed by atoms with Gasteiger partial charge in [0, 0.05) is 12.2 Å². The summed E-state index contributed by atoms with van der Waals surface area (Å²) in [6.45, 7) is -0.0847. The highest BCUT2D eigenvalue weighted by atomic mass is 19.1. The van der Waals surface area contributed by atoms with E-state index in [9.17, 15) is 19.1 Å². The number of amides is 2. The molecule has 1 fully saturated rings. The molecular formula is C14H16FN7O3. The van der Waals surface area contributed by atoms with Crippen molar-refractivity contribution in [2.45, 2.75) is 37.6 Å². The molecule has 10 nitrogen and oxygen atoms in total. The van der Waals surface area contributed by atoms with E-state index in [4.69, 9.17) is 0 Å². The maximum atomic E-state index is 13.1. The minimum atomic E-state index is -0.819. The van der Waals surface area contributed by atoms with E-state index in [1.165, 1.54) is 12.5 Å². The van der Waals surface area contributed by atoms with Gasteiger partial charge in [-0.2, -0.15) is 4.80 Å². The lowest BCUT2D eigenvalue weighted by Crippen LogP contribution is -2.40. The van der Waals surface area contributed by atoms with Crippen LogP contribution in [0.15, 0.2) is 24.8 Å². The van der Waals surface area contributed by atoms with Crippen LogP contribution in [0.2, 0.25) is 0 Å². The molecule has 0 aliphatic heterocycles. The van der Waals surface area contributed by atoms with Crippen LogP contribution < -0.4 is 10.6 Å². The minimum absolute atomic E-state index is 0.0666. The van der Waals surface area contributed by atoms with Gasteiger partial charge in [0.25, 0.3) is 5.91 Å². The van der Waals surface area contributed by atoms with E-state index in [1.54, 1.807) is 0 Å². The highest BCUT2D eigenvalue weighted by molar-refractivity contribution is 5.94. The summed E-state index contributed by atoms with van der Waals surface area (Å²) in [4.78, 5) is 28.7. The number of carbonyl (C=O) groups is 2. The first kappa shape index (κ1) is 16.9. The maximum Gasteiger partial charge on any atom is 0.253 e. The standard InChI is InChI=1S/C14H16FN7O3/c15-9-1-8(4-16-5-9)14(25)20-11-2-10(3-12(11)23)19-13(24)6-22-18-7-17-21-22/h1,4-5,7,10-12,23H,2-3,6H2,(H,19,24)(H,20,25)/t10-,11-,12-/m1/s1. The third kappa shape index (κ3) is 4.32. The normalized spacial score (nSPS) is 22.6. The topological polar surface area (TPSA) is 135 Å². The van der Waals surface area contributed by atoms with Crippen LogP contribution in [0.4, 0.5) is 4.39 Å². The number of nitrogens with one attached hydrogen (secondary N) is 2. The number of pyridine rings is 1. The molecule has 3 rings (SSSR count). The first-order chi connectivity index (χ1) is 12.0. The Morgan fingerprint density at radius 3 is 2.88 bits per heavy atom. The zero-order chi connectivity index (χ0) is 17.8. The molecule has 2 heterocycles. The van der Waals surface area contributed by atoms with Gasteiger partial charge in [-0.15, -0.1) is 10.2 Å². The second-order valence-corrected chi connectivity index (χ2v) is 5.74. The van der Waals surface area contributed by atoms with Gasteiger partial charge in [0.2, 0.25) is 5.91 Å². The smallest absolute Gasteiger partial charge is 0.253 e. The molecule has 2 aromatic heterocycles. The summed E-state index contributed by atoms with van der Waals surface area (Å²) in [6, 6.07) is 0.209. The van der Waals surface area contributed by atoms with Crippen LogP contribution in [0.5, 0.6) is 0 Å². The van der Waals surface area contributed by atoms with E-state index in [1.807, 2.05) is 0 Å². The molecule has 0 radical (unpaired) electrons. The van der Waals surface area contributed by atoms with Crippen molar-refractivity contribution in [3.05, 3.63) is 36.2 Å². The predicted octanol–water partition coefficient (Wildman–Crippen LogP) is -1.35. The van der Waals surface area contributed by atoms with Gasteiger partial charge in [0.15, 0.2) is 6.33 Å². The van der Waals surface area contributed by atoms with Crippen LogP contribution in [-0.4, -0.2) is 60.3 Å². The number of aliphatic hydroxyl groups is 1. The Morgan fingerprint density at radius 2 is 2.16 bits per heavy atom. The van der Waals surface area contributed by atoms with E-state index >= 15 is 0 Å². The SMILES string of the molecule is O=C(Cn1ncnn1)N[C@H]1C[C@@H](O)[C@H](NC(=O)c2cncc(F)c2)C1. The predicted molar refractivity (Wildman–Crippen MR) is 80.4 cm³/mol. The van der Waals surface area contributed by atoms with E-state index in [0.717, 1.165) is 17.1 Å². The lowest BCUT2D eigenvalue weighted by atomic mass is 10.2. The van der Waals surface area contributed by atoms with Crippen LogP contribution in [0.3, 0.4) is 0 Å². The molecular weight excluding hydrogens is 333 g/mol. The van der Waals surface area contributed by atoms with E-state index < -0.39 is 23.9 Å². The third-order valence-corrected chi connectivity index (χ3v) is 3.85. The monoisotopic (exact) mass is 349 g/mol. The number of aliphatic hydroxyl groups excluding tert-OH is 1. The fraction of sp³-hybridized carbons (Fsp3) is 0.429. The number of hydrogen-bond donors (Lipinski definition) is 3. The molecule has 1 saturated carbocycles. The first-order valence-electron chi connectivity index (χ1n) is 7.61. The molecule has 0 saturated heterocycles. The highest BCUT2D eigenvalue weighted by Gasteiger charge is 2.35. The van der Waals surface area contributed by atoms with E-state index in [-0.39, 0.29) is 24.1 Å². The molecule has 0 aromatic carbocycles. The first-order valence-corrected chi connectivity index (χ1v) is 7.61. The average Bonchev–Trinajstić information content (AvgIpc) is 3.17. The molecule has 3 atom stereocenters. The van der Waals surface area contributed by atoms with Crippen molar-refractivity contribution in [2.75, 3.05) is 0 Å². The van der Waals surface area contributed by atoms with Crippen molar-refractivity contribution in [3.8, 4) is 0 Å². The van der Waals surface area contributed by atoms with Gasteiger partial charge < -0.3 is 15.7 Å². The Balaban J connectivity index is 1.52. The minimum Gasteiger partial charge on any atom is -0.391 e. The Hall–Kier alpha value is -2.95. The van der Waals surface area contributed by atoms with Gasteiger partial charge >= 0.3 is 0 Å². The zero-order valence-electron chi connectivity index (χ0n) is 13.0. The molecule has 0 bridgehead atoms. The van der Waals surface area contributed by atoms with Crippen molar-refractivity contribution in [3.63, 3.8) is 0 Å². The van der Waals surface area contributed by atoms with Crippen LogP contribution in [0.1, 0.15) is 23.2 Å². The molecule has 1 aliphatic carbocycles.